The van der Waals surface area contributed by atoms with Gasteiger partial charge in [-0.05, 0) is 103 Å². The molecule has 2 aliphatic rings. The predicted molar refractivity (Wildman–Crippen MR) is 250 cm³/mol. The zero-order chi connectivity index (χ0) is 39.6. The fraction of sp³-hybridized carbons (Fsp3) is 0.0175. The minimum absolute atomic E-state index is 0.596. The third-order valence-corrected chi connectivity index (χ3v) is 13.5. The molecular formula is C57H37NOS. The van der Waals surface area contributed by atoms with E-state index in [2.05, 4.69) is 229 Å². The zero-order valence-corrected chi connectivity index (χ0v) is 33.4. The van der Waals surface area contributed by atoms with Crippen LogP contribution in [-0.4, -0.2) is 0 Å². The van der Waals surface area contributed by atoms with Gasteiger partial charge in [-0.15, -0.1) is 0 Å². The summed E-state index contributed by atoms with van der Waals surface area (Å²) in [7, 11) is 0. The van der Waals surface area contributed by atoms with Crippen LogP contribution in [0.2, 0.25) is 0 Å². The molecule has 282 valence electrons. The van der Waals surface area contributed by atoms with Crippen LogP contribution in [0.4, 0.5) is 17.1 Å². The monoisotopic (exact) mass is 783 g/mol. The molecule has 0 fully saturated rings. The lowest BCUT2D eigenvalue weighted by atomic mass is 9.63. The van der Waals surface area contributed by atoms with Gasteiger partial charge in [-0.25, -0.2) is 0 Å². The molecule has 2 heterocycles. The van der Waals surface area contributed by atoms with Crippen molar-refractivity contribution >= 4 is 50.4 Å². The van der Waals surface area contributed by atoms with Gasteiger partial charge < -0.3 is 9.64 Å². The molecule has 0 amide bonds. The second kappa shape index (κ2) is 13.9. The van der Waals surface area contributed by atoms with Gasteiger partial charge in [0, 0.05) is 32.3 Å². The number of fused-ring (bicyclic) bond motifs is 10. The van der Waals surface area contributed by atoms with Crippen molar-refractivity contribution in [2.75, 3.05) is 4.90 Å². The Morgan fingerprint density at radius 1 is 0.367 bits per heavy atom. The smallest absolute Gasteiger partial charge is 0.156 e. The van der Waals surface area contributed by atoms with Crippen LogP contribution in [0.25, 0.3) is 43.8 Å². The molecule has 2 nitrogen and oxygen atoms in total. The summed E-state index contributed by atoms with van der Waals surface area (Å²) in [4.78, 5) is 4.89. The molecule has 0 aliphatic carbocycles. The van der Waals surface area contributed by atoms with Crippen molar-refractivity contribution < 1.29 is 4.74 Å². The minimum Gasteiger partial charge on any atom is -0.454 e. The first-order chi connectivity index (χ1) is 29.8. The van der Waals surface area contributed by atoms with E-state index in [-0.39, 0.29) is 0 Å². The van der Waals surface area contributed by atoms with Crippen molar-refractivity contribution in [2.45, 2.75) is 15.2 Å². The van der Waals surface area contributed by atoms with E-state index in [4.69, 9.17) is 4.74 Å². The molecule has 0 saturated heterocycles. The third-order valence-electron chi connectivity index (χ3n) is 12.4. The molecule has 60 heavy (non-hydrogen) atoms. The summed E-state index contributed by atoms with van der Waals surface area (Å²) in [6.07, 6.45) is 0. The minimum atomic E-state index is -0.596. The normalized spacial score (nSPS) is 13.2. The highest BCUT2D eigenvalue weighted by Gasteiger charge is 2.50. The molecule has 10 aromatic rings. The average Bonchev–Trinajstić information content (AvgIpc) is 3.32. The number of hydrogen-bond acceptors (Lipinski definition) is 3. The van der Waals surface area contributed by atoms with Gasteiger partial charge in [0.1, 0.15) is 5.75 Å². The third kappa shape index (κ3) is 5.29. The molecule has 0 aromatic heterocycles. The number of ether oxygens (including phenoxy) is 1. The lowest BCUT2D eigenvalue weighted by Gasteiger charge is -2.46. The van der Waals surface area contributed by atoms with Crippen molar-refractivity contribution in [1.29, 1.82) is 0 Å². The van der Waals surface area contributed by atoms with Crippen molar-refractivity contribution in [2.24, 2.45) is 0 Å². The Morgan fingerprint density at radius 2 is 0.817 bits per heavy atom. The number of rotatable bonds is 5. The summed E-state index contributed by atoms with van der Waals surface area (Å²) >= 11 is 1.85. The molecule has 1 spiro atoms. The molecule has 0 bridgehead atoms. The Kier molecular flexibility index (Phi) is 8.04. The maximum atomic E-state index is 7.22. The first-order valence-corrected chi connectivity index (χ1v) is 21.3. The van der Waals surface area contributed by atoms with Crippen LogP contribution in [-0.2, 0) is 5.41 Å². The summed E-state index contributed by atoms with van der Waals surface area (Å²) in [6, 6.07) is 81.5. The van der Waals surface area contributed by atoms with Crippen molar-refractivity contribution in [1.82, 2.24) is 0 Å². The summed E-state index contributed by atoms with van der Waals surface area (Å²) < 4.78 is 7.22. The topological polar surface area (TPSA) is 12.5 Å². The maximum Gasteiger partial charge on any atom is 0.156 e. The van der Waals surface area contributed by atoms with E-state index in [0.29, 0.717) is 0 Å². The van der Waals surface area contributed by atoms with Crippen molar-refractivity contribution in [3.05, 3.63) is 247 Å². The van der Waals surface area contributed by atoms with Gasteiger partial charge in [0.25, 0.3) is 0 Å². The highest BCUT2D eigenvalue weighted by atomic mass is 32.2. The van der Waals surface area contributed by atoms with E-state index >= 15 is 0 Å². The fourth-order valence-electron chi connectivity index (χ4n) is 9.76. The Bertz CT molecular complexity index is 3080. The molecule has 0 atom stereocenters. The SMILES string of the molecule is c1ccc2c(c1)Oc1c(N(c3ccc(-c4cccc5ccccc45)cc3)c3ccc(-c4cccc5ccccc45)cc3)cccc1C21c2ccccc2Sc2ccccc21. The van der Waals surface area contributed by atoms with Crippen LogP contribution in [0.15, 0.2) is 234 Å². The Hall–Kier alpha value is -7.33. The second-order valence-corrected chi connectivity index (χ2v) is 16.7. The number of benzene rings is 10. The fourth-order valence-corrected chi connectivity index (χ4v) is 11.0. The van der Waals surface area contributed by atoms with E-state index in [1.807, 2.05) is 11.8 Å². The molecule has 0 saturated carbocycles. The van der Waals surface area contributed by atoms with Crippen LogP contribution in [0.5, 0.6) is 11.5 Å². The van der Waals surface area contributed by atoms with Gasteiger partial charge in [0.2, 0.25) is 0 Å². The molecule has 2 aliphatic heterocycles. The van der Waals surface area contributed by atoms with Crippen LogP contribution >= 0.6 is 11.8 Å². The first kappa shape index (κ1) is 34.7. The predicted octanol–water partition coefficient (Wildman–Crippen LogP) is 15.7. The van der Waals surface area contributed by atoms with Crippen LogP contribution < -0.4 is 9.64 Å². The van der Waals surface area contributed by atoms with Gasteiger partial charge >= 0.3 is 0 Å². The van der Waals surface area contributed by atoms with E-state index in [1.54, 1.807) is 0 Å². The number of hydrogen-bond donors (Lipinski definition) is 0. The zero-order valence-electron chi connectivity index (χ0n) is 32.6. The van der Waals surface area contributed by atoms with E-state index in [1.165, 1.54) is 64.7 Å². The average molecular weight is 784 g/mol. The standard InChI is InChI=1S/C57H37NOS/c1-3-18-44-38(14-1)16-11-20-46(44)40-30-34-42(35-31-40)58(43-36-32-41(33-37-43)47-21-12-17-39-15-2-4-19-45(39)47)52-26-13-25-51-56(52)59-53-27-8-5-22-48(53)57(51)49-23-6-9-28-54(49)60-55-29-10-7-24-50(55)57/h1-37H. The summed E-state index contributed by atoms with van der Waals surface area (Å²) in [6.45, 7) is 0. The Labute approximate surface area is 354 Å². The summed E-state index contributed by atoms with van der Waals surface area (Å²) in [5.74, 6) is 1.72. The quantitative estimate of drug-likeness (QED) is 0.172. The maximum absolute atomic E-state index is 7.22. The van der Waals surface area contributed by atoms with Gasteiger partial charge in [0.05, 0.1) is 11.1 Å². The van der Waals surface area contributed by atoms with Gasteiger partial charge in [-0.3, -0.25) is 0 Å². The molecular weight excluding hydrogens is 747 g/mol. The highest BCUT2D eigenvalue weighted by Crippen LogP contribution is 2.63. The molecule has 10 aromatic carbocycles. The highest BCUT2D eigenvalue weighted by molar-refractivity contribution is 7.99. The lowest BCUT2D eigenvalue weighted by Crippen LogP contribution is -2.37. The largest absolute Gasteiger partial charge is 0.454 e. The molecule has 0 radical (unpaired) electrons. The Morgan fingerprint density at radius 3 is 1.40 bits per heavy atom. The van der Waals surface area contributed by atoms with E-state index < -0.39 is 5.41 Å². The molecule has 0 unspecified atom stereocenters. The first-order valence-electron chi connectivity index (χ1n) is 20.5. The lowest BCUT2D eigenvalue weighted by molar-refractivity contribution is 0.432. The van der Waals surface area contributed by atoms with Gasteiger partial charge in [0.15, 0.2) is 5.75 Å². The van der Waals surface area contributed by atoms with Crippen molar-refractivity contribution in [3.8, 4) is 33.8 Å². The van der Waals surface area contributed by atoms with E-state index in [0.717, 1.165) is 39.7 Å². The van der Waals surface area contributed by atoms with Gasteiger partial charge in [-0.2, -0.15) is 0 Å². The molecule has 3 heteroatoms. The van der Waals surface area contributed by atoms with Crippen molar-refractivity contribution in [3.63, 3.8) is 0 Å². The second-order valence-electron chi connectivity index (χ2n) is 15.6. The van der Waals surface area contributed by atoms with Crippen LogP contribution in [0.3, 0.4) is 0 Å². The number of nitrogens with zero attached hydrogens (tertiary/aromatic N) is 1. The molecule has 0 N–H and O–H groups in total. The summed E-state index contributed by atoms with van der Waals surface area (Å²) in [5, 5.41) is 4.96. The van der Waals surface area contributed by atoms with Crippen LogP contribution in [0.1, 0.15) is 22.3 Å². The van der Waals surface area contributed by atoms with Crippen LogP contribution in [0, 0.1) is 0 Å². The number of anilines is 3. The van der Waals surface area contributed by atoms with E-state index in [9.17, 15) is 0 Å². The summed E-state index contributed by atoms with van der Waals surface area (Å²) in [5.41, 5.74) is 12.1. The molecule has 12 rings (SSSR count). The Balaban J connectivity index is 1.08. The number of para-hydroxylation sites is 2. The van der Waals surface area contributed by atoms with Gasteiger partial charge in [-0.1, -0.05) is 188 Å².